The molecule has 0 aromatic rings. The number of hydrogen-bond donors (Lipinski definition) is 0. The van der Waals surface area contributed by atoms with E-state index in [4.69, 9.17) is 9.47 Å². The molecule has 2 saturated heterocycles. The number of carbonyl (C=O) groups is 1. The average Bonchev–Trinajstić information content (AvgIpc) is 2.56. The summed E-state index contributed by atoms with van der Waals surface area (Å²) < 4.78 is 11.3. The first-order chi connectivity index (χ1) is 10.3. The van der Waals surface area contributed by atoms with E-state index in [-0.39, 0.29) is 12.0 Å². The maximum absolute atomic E-state index is 12.6. The first kappa shape index (κ1) is 15.3. The zero-order valence-electron chi connectivity index (χ0n) is 13.1. The molecule has 2 aliphatic heterocycles. The van der Waals surface area contributed by atoms with Crippen LogP contribution in [0.4, 0.5) is 0 Å². The molecule has 0 bridgehead atoms. The molecule has 0 unspecified atom stereocenters. The Morgan fingerprint density at radius 2 is 1.76 bits per heavy atom. The van der Waals surface area contributed by atoms with E-state index in [9.17, 15) is 4.79 Å². The average molecular weight is 295 g/mol. The van der Waals surface area contributed by atoms with E-state index in [0.717, 1.165) is 51.5 Å². The minimum Gasteiger partial charge on any atom is -0.381 e. The highest BCUT2D eigenvalue weighted by molar-refractivity contribution is 5.79. The quantitative estimate of drug-likeness (QED) is 0.803. The van der Waals surface area contributed by atoms with Gasteiger partial charge in [0.15, 0.2) is 0 Å². The van der Waals surface area contributed by atoms with Crippen molar-refractivity contribution in [3.8, 4) is 0 Å². The Kier molecular flexibility index (Phi) is 5.53. The Balaban J connectivity index is 1.48. The fraction of sp³-hybridized carbons (Fsp3) is 0.941. The summed E-state index contributed by atoms with van der Waals surface area (Å²) in [5.41, 5.74) is 0. The second kappa shape index (κ2) is 7.59. The van der Waals surface area contributed by atoms with Crippen LogP contribution in [-0.2, 0) is 14.3 Å². The van der Waals surface area contributed by atoms with Crippen molar-refractivity contribution in [2.24, 2.45) is 11.8 Å². The van der Waals surface area contributed by atoms with Crippen LogP contribution >= 0.6 is 0 Å². The van der Waals surface area contributed by atoms with Crippen molar-refractivity contribution in [3.05, 3.63) is 0 Å². The fourth-order valence-electron chi connectivity index (χ4n) is 4.06. The van der Waals surface area contributed by atoms with Gasteiger partial charge in [-0.3, -0.25) is 4.79 Å². The predicted molar refractivity (Wildman–Crippen MR) is 81.1 cm³/mol. The maximum atomic E-state index is 12.6. The molecule has 4 heteroatoms. The molecule has 2 heterocycles. The van der Waals surface area contributed by atoms with Gasteiger partial charge < -0.3 is 14.4 Å². The monoisotopic (exact) mass is 295 g/mol. The van der Waals surface area contributed by atoms with Gasteiger partial charge >= 0.3 is 0 Å². The number of carbonyl (C=O) groups excluding carboxylic acids is 1. The van der Waals surface area contributed by atoms with Crippen LogP contribution in [0, 0.1) is 11.8 Å². The van der Waals surface area contributed by atoms with Crippen molar-refractivity contribution in [2.45, 2.75) is 57.5 Å². The fourth-order valence-corrected chi connectivity index (χ4v) is 4.06. The van der Waals surface area contributed by atoms with Gasteiger partial charge in [0.25, 0.3) is 0 Å². The van der Waals surface area contributed by atoms with E-state index in [0.29, 0.717) is 12.5 Å². The lowest BCUT2D eigenvalue weighted by Gasteiger charge is -2.37. The molecule has 0 spiro atoms. The number of nitrogens with zero attached hydrogens (tertiary/aromatic N) is 1. The molecule has 21 heavy (non-hydrogen) atoms. The van der Waals surface area contributed by atoms with E-state index >= 15 is 0 Å². The molecule has 1 aliphatic carbocycles. The van der Waals surface area contributed by atoms with Gasteiger partial charge in [-0.1, -0.05) is 32.1 Å². The Bertz CT molecular complexity index is 335. The molecule has 4 nitrogen and oxygen atoms in total. The molecule has 120 valence electrons. The normalized spacial score (nSPS) is 29.5. The van der Waals surface area contributed by atoms with Crippen molar-refractivity contribution >= 4 is 5.91 Å². The number of morpholine rings is 1. The predicted octanol–water partition coefficient (Wildman–Crippen LogP) is 2.61. The van der Waals surface area contributed by atoms with Crippen LogP contribution in [0.25, 0.3) is 0 Å². The Morgan fingerprint density at radius 3 is 2.52 bits per heavy atom. The van der Waals surface area contributed by atoms with Crippen LogP contribution in [0.3, 0.4) is 0 Å². The molecular weight excluding hydrogens is 266 g/mol. The molecule has 1 atom stereocenters. The van der Waals surface area contributed by atoms with Gasteiger partial charge in [0.1, 0.15) is 0 Å². The highest BCUT2D eigenvalue weighted by Crippen LogP contribution is 2.29. The molecule has 0 radical (unpaired) electrons. The number of ether oxygens (including phenoxy) is 2. The van der Waals surface area contributed by atoms with Gasteiger partial charge in [0.05, 0.1) is 12.7 Å². The van der Waals surface area contributed by atoms with Gasteiger partial charge in [-0.15, -0.1) is 0 Å². The molecule has 3 fully saturated rings. The van der Waals surface area contributed by atoms with Crippen molar-refractivity contribution < 1.29 is 14.3 Å². The van der Waals surface area contributed by atoms with Crippen LogP contribution in [0.15, 0.2) is 0 Å². The van der Waals surface area contributed by atoms with E-state index < -0.39 is 0 Å². The SMILES string of the molecule is O=C(C1CCOCC1)N1CCO[C@H](CC2CCCCC2)C1. The summed E-state index contributed by atoms with van der Waals surface area (Å²) in [4.78, 5) is 14.7. The molecule has 0 aromatic carbocycles. The highest BCUT2D eigenvalue weighted by atomic mass is 16.5. The summed E-state index contributed by atoms with van der Waals surface area (Å²) in [6.45, 7) is 3.79. The molecule has 3 rings (SSSR count). The second-order valence-electron chi connectivity index (χ2n) is 6.90. The molecule has 1 saturated carbocycles. The molecule has 0 N–H and O–H groups in total. The van der Waals surface area contributed by atoms with Gasteiger partial charge in [0, 0.05) is 32.2 Å². The number of hydrogen-bond acceptors (Lipinski definition) is 3. The van der Waals surface area contributed by atoms with E-state index in [1.165, 1.54) is 32.1 Å². The highest BCUT2D eigenvalue weighted by Gasteiger charge is 2.31. The molecular formula is C17H29NO3. The summed E-state index contributed by atoms with van der Waals surface area (Å²) in [5.74, 6) is 1.35. The summed E-state index contributed by atoms with van der Waals surface area (Å²) in [5, 5.41) is 0. The minimum atomic E-state index is 0.187. The van der Waals surface area contributed by atoms with Gasteiger partial charge in [-0.2, -0.15) is 0 Å². The standard InChI is InChI=1S/C17H29NO3/c19-17(15-6-9-20-10-7-15)18-8-11-21-16(13-18)12-14-4-2-1-3-5-14/h14-16H,1-13H2/t16-/m1/s1. The van der Waals surface area contributed by atoms with Crippen LogP contribution in [0.1, 0.15) is 51.4 Å². The third-order valence-electron chi connectivity index (χ3n) is 5.34. The third kappa shape index (κ3) is 4.19. The summed E-state index contributed by atoms with van der Waals surface area (Å²) in [6.07, 6.45) is 10.1. The van der Waals surface area contributed by atoms with Gasteiger partial charge in [-0.25, -0.2) is 0 Å². The summed E-state index contributed by atoms with van der Waals surface area (Å²) in [7, 11) is 0. The number of amides is 1. The van der Waals surface area contributed by atoms with Gasteiger partial charge in [-0.05, 0) is 25.2 Å². The molecule has 3 aliphatic rings. The van der Waals surface area contributed by atoms with E-state index in [1.54, 1.807) is 0 Å². The Hall–Kier alpha value is -0.610. The second-order valence-corrected chi connectivity index (χ2v) is 6.90. The molecule has 1 amide bonds. The first-order valence-electron chi connectivity index (χ1n) is 8.81. The lowest BCUT2D eigenvalue weighted by molar-refractivity contribution is -0.146. The molecule has 0 aromatic heterocycles. The number of rotatable bonds is 3. The lowest BCUT2D eigenvalue weighted by atomic mass is 9.85. The zero-order chi connectivity index (χ0) is 14.5. The van der Waals surface area contributed by atoms with Crippen LogP contribution in [0.5, 0.6) is 0 Å². The lowest BCUT2D eigenvalue weighted by Crippen LogP contribution is -2.49. The third-order valence-corrected chi connectivity index (χ3v) is 5.34. The smallest absolute Gasteiger partial charge is 0.226 e. The summed E-state index contributed by atoms with van der Waals surface area (Å²) >= 11 is 0. The zero-order valence-corrected chi connectivity index (χ0v) is 13.1. The first-order valence-corrected chi connectivity index (χ1v) is 8.81. The van der Waals surface area contributed by atoms with Gasteiger partial charge in [0.2, 0.25) is 5.91 Å². The van der Waals surface area contributed by atoms with Crippen LogP contribution in [-0.4, -0.2) is 49.8 Å². The Morgan fingerprint density at radius 1 is 1.00 bits per heavy atom. The largest absolute Gasteiger partial charge is 0.381 e. The van der Waals surface area contributed by atoms with Crippen LogP contribution < -0.4 is 0 Å². The van der Waals surface area contributed by atoms with E-state index in [2.05, 4.69) is 4.90 Å². The Labute approximate surface area is 128 Å². The maximum Gasteiger partial charge on any atom is 0.226 e. The van der Waals surface area contributed by atoms with Crippen molar-refractivity contribution in [1.29, 1.82) is 0 Å². The topological polar surface area (TPSA) is 38.8 Å². The van der Waals surface area contributed by atoms with Crippen LogP contribution in [0.2, 0.25) is 0 Å². The van der Waals surface area contributed by atoms with E-state index in [1.807, 2.05) is 0 Å². The minimum absolute atomic E-state index is 0.187. The van der Waals surface area contributed by atoms with Crippen molar-refractivity contribution in [3.63, 3.8) is 0 Å². The van der Waals surface area contributed by atoms with Crippen molar-refractivity contribution in [2.75, 3.05) is 32.9 Å². The summed E-state index contributed by atoms with van der Waals surface area (Å²) in [6, 6.07) is 0. The van der Waals surface area contributed by atoms with Crippen molar-refractivity contribution in [1.82, 2.24) is 4.90 Å².